The summed E-state index contributed by atoms with van der Waals surface area (Å²) in [7, 11) is 1.75. The van der Waals surface area contributed by atoms with E-state index in [2.05, 4.69) is 15.4 Å². The van der Waals surface area contributed by atoms with Crippen molar-refractivity contribution < 1.29 is 4.79 Å². The SMILES string of the molecule is Cn1nccc1NC(=O)c1cn(CCN)cn1. The van der Waals surface area contributed by atoms with Crippen molar-refractivity contribution in [3.05, 3.63) is 30.5 Å². The number of amides is 1. The molecule has 0 aromatic carbocycles. The molecular formula is C10H14N6O. The van der Waals surface area contributed by atoms with Crippen LogP contribution in [0.1, 0.15) is 10.5 Å². The van der Waals surface area contributed by atoms with E-state index in [1.165, 1.54) is 0 Å². The van der Waals surface area contributed by atoms with Crippen LogP contribution in [0.5, 0.6) is 0 Å². The van der Waals surface area contributed by atoms with Gasteiger partial charge in [-0.3, -0.25) is 9.48 Å². The van der Waals surface area contributed by atoms with Crippen molar-refractivity contribution in [2.45, 2.75) is 6.54 Å². The van der Waals surface area contributed by atoms with Crippen molar-refractivity contribution in [3.63, 3.8) is 0 Å². The zero-order chi connectivity index (χ0) is 12.3. The molecule has 0 spiro atoms. The number of rotatable bonds is 4. The summed E-state index contributed by atoms with van der Waals surface area (Å²) in [5.74, 6) is 0.368. The third-order valence-corrected chi connectivity index (χ3v) is 2.32. The van der Waals surface area contributed by atoms with Gasteiger partial charge in [0.1, 0.15) is 11.5 Å². The molecule has 2 aromatic rings. The van der Waals surface area contributed by atoms with E-state index in [4.69, 9.17) is 5.73 Å². The van der Waals surface area contributed by atoms with Crippen molar-refractivity contribution in [2.24, 2.45) is 12.8 Å². The smallest absolute Gasteiger partial charge is 0.276 e. The highest BCUT2D eigenvalue weighted by Crippen LogP contribution is 2.06. The molecule has 0 bridgehead atoms. The van der Waals surface area contributed by atoms with Crippen LogP contribution >= 0.6 is 0 Å². The quantitative estimate of drug-likeness (QED) is 0.768. The first-order valence-corrected chi connectivity index (χ1v) is 5.22. The number of nitrogens with two attached hydrogens (primary N) is 1. The van der Waals surface area contributed by atoms with Gasteiger partial charge in [-0.1, -0.05) is 0 Å². The summed E-state index contributed by atoms with van der Waals surface area (Å²) < 4.78 is 3.35. The maximum atomic E-state index is 11.8. The Morgan fingerprint density at radius 2 is 2.41 bits per heavy atom. The normalized spacial score (nSPS) is 10.5. The molecule has 0 aliphatic heterocycles. The fraction of sp³-hybridized carbons (Fsp3) is 0.300. The molecule has 0 atom stereocenters. The maximum absolute atomic E-state index is 11.8. The predicted octanol–water partition coefficient (Wildman–Crippen LogP) is -0.172. The van der Waals surface area contributed by atoms with E-state index in [9.17, 15) is 4.79 Å². The molecule has 0 fully saturated rings. The van der Waals surface area contributed by atoms with E-state index >= 15 is 0 Å². The van der Waals surface area contributed by atoms with E-state index in [0.717, 1.165) is 0 Å². The van der Waals surface area contributed by atoms with Gasteiger partial charge in [0.2, 0.25) is 0 Å². The van der Waals surface area contributed by atoms with Gasteiger partial charge in [0.15, 0.2) is 0 Å². The van der Waals surface area contributed by atoms with Gasteiger partial charge in [0.05, 0.1) is 12.5 Å². The van der Waals surface area contributed by atoms with Gasteiger partial charge in [0.25, 0.3) is 5.91 Å². The Bertz CT molecular complexity index is 514. The molecule has 0 aliphatic rings. The number of nitrogens with one attached hydrogen (secondary N) is 1. The summed E-state index contributed by atoms with van der Waals surface area (Å²) >= 11 is 0. The summed E-state index contributed by atoms with van der Waals surface area (Å²) in [6, 6.07) is 1.72. The number of nitrogens with zero attached hydrogens (tertiary/aromatic N) is 4. The second-order valence-corrected chi connectivity index (χ2v) is 3.58. The zero-order valence-electron chi connectivity index (χ0n) is 9.50. The lowest BCUT2D eigenvalue weighted by Gasteiger charge is -2.02. The monoisotopic (exact) mass is 234 g/mol. The molecule has 3 N–H and O–H groups in total. The largest absolute Gasteiger partial charge is 0.335 e. The highest BCUT2D eigenvalue weighted by molar-refractivity contribution is 6.02. The van der Waals surface area contributed by atoms with Crippen LogP contribution in [0.25, 0.3) is 0 Å². The molecule has 2 rings (SSSR count). The highest BCUT2D eigenvalue weighted by atomic mass is 16.2. The molecule has 90 valence electrons. The van der Waals surface area contributed by atoms with Crippen LogP contribution in [0.3, 0.4) is 0 Å². The van der Waals surface area contributed by atoms with Crippen LogP contribution < -0.4 is 11.1 Å². The van der Waals surface area contributed by atoms with Crippen molar-refractivity contribution in [1.82, 2.24) is 19.3 Å². The molecule has 17 heavy (non-hydrogen) atoms. The summed E-state index contributed by atoms with van der Waals surface area (Å²) in [5, 5.41) is 6.67. The van der Waals surface area contributed by atoms with Crippen LogP contribution in [-0.4, -0.2) is 31.8 Å². The molecule has 0 radical (unpaired) electrons. The Morgan fingerprint density at radius 3 is 3.06 bits per heavy atom. The van der Waals surface area contributed by atoms with Crippen molar-refractivity contribution in [3.8, 4) is 0 Å². The van der Waals surface area contributed by atoms with Crippen LogP contribution in [0.15, 0.2) is 24.8 Å². The highest BCUT2D eigenvalue weighted by Gasteiger charge is 2.10. The van der Waals surface area contributed by atoms with Crippen LogP contribution in [0, 0.1) is 0 Å². The lowest BCUT2D eigenvalue weighted by molar-refractivity contribution is 0.102. The Hall–Kier alpha value is -2.15. The fourth-order valence-electron chi connectivity index (χ4n) is 1.43. The number of imidazole rings is 1. The first-order chi connectivity index (χ1) is 8.20. The van der Waals surface area contributed by atoms with Gasteiger partial charge in [-0.2, -0.15) is 5.10 Å². The molecule has 7 nitrogen and oxygen atoms in total. The Kier molecular flexibility index (Phi) is 3.20. The van der Waals surface area contributed by atoms with Gasteiger partial charge in [-0.05, 0) is 0 Å². The summed E-state index contributed by atoms with van der Waals surface area (Å²) in [6.45, 7) is 1.16. The Morgan fingerprint density at radius 1 is 1.59 bits per heavy atom. The van der Waals surface area contributed by atoms with E-state index < -0.39 is 0 Å². The number of aryl methyl sites for hydroxylation is 1. The number of hydrogen-bond acceptors (Lipinski definition) is 4. The molecule has 2 heterocycles. The maximum Gasteiger partial charge on any atom is 0.276 e. The zero-order valence-corrected chi connectivity index (χ0v) is 9.50. The number of carbonyl (C=O) groups excluding carboxylic acids is 1. The molecule has 7 heteroatoms. The van der Waals surface area contributed by atoms with Crippen molar-refractivity contribution in [1.29, 1.82) is 0 Å². The molecule has 0 aliphatic carbocycles. The second-order valence-electron chi connectivity index (χ2n) is 3.58. The average Bonchev–Trinajstić information content (AvgIpc) is 2.90. The molecule has 0 saturated carbocycles. The van der Waals surface area contributed by atoms with E-state index in [1.807, 2.05) is 0 Å². The minimum absolute atomic E-state index is 0.260. The lowest BCUT2D eigenvalue weighted by atomic mass is 10.4. The summed E-state index contributed by atoms with van der Waals surface area (Å²) in [5.41, 5.74) is 5.78. The second kappa shape index (κ2) is 4.79. The third-order valence-electron chi connectivity index (χ3n) is 2.32. The third kappa shape index (κ3) is 2.51. The lowest BCUT2D eigenvalue weighted by Crippen LogP contribution is -2.15. The molecule has 0 saturated heterocycles. The van der Waals surface area contributed by atoms with E-state index in [1.54, 1.807) is 41.1 Å². The van der Waals surface area contributed by atoms with Crippen LogP contribution in [0.2, 0.25) is 0 Å². The van der Waals surface area contributed by atoms with Crippen molar-refractivity contribution in [2.75, 3.05) is 11.9 Å². The molecule has 1 amide bonds. The average molecular weight is 234 g/mol. The van der Waals surface area contributed by atoms with Gasteiger partial charge in [-0.15, -0.1) is 0 Å². The van der Waals surface area contributed by atoms with E-state index in [0.29, 0.717) is 24.6 Å². The first-order valence-electron chi connectivity index (χ1n) is 5.22. The van der Waals surface area contributed by atoms with Crippen LogP contribution in [0.4, 0.5) is 5.82 Å². The molecule has 0 unspecified atom stereocenters. The van der Waals surface area contributed by atoms with Gasteiger partial charge >= 0.3 is 0 Å². The number of carbonyl (C=O) groups is 1. The number of anilines is 1. The van der Waals surface area contributed by atoms with Gasteiger partial charge in [-0.25, -0.2) is 4.98 Å². The van der Waals surface area contributed by atoms with Gasteiger partial charge < -0.3 is 15.6 Å². The summed E-state index contributed by atoms with van der Waals surface area (Å²) in [6.07, 6.45) is 4.87. The van der Waals surface area contributed by atoms with Crippen molar-refractivity contribution >= 4 is 11.7 Å². The Labute approximate surface area is 98.2 Å². The summed E-state index contributed by atoms with van der Waals surface area (Å²) in [4.78, 5) is 15.8. The van der Waals surface area contributed by atoms with E-state index in [-0.39, 0.29) is 5.91 Å². The number of aromatic nitrogens is 4. The number of hydrogen-bond donors (Lipinski definition) is 2. The fourth-order valence-corrected chi connectivity index (χ4v) is 1.43. The predicted molar refractivity (Wildman–Crippen MR) is 62.4 cm³/mol. The molecule has 2 aromatic heterocycles. The first kappa shape index (κ1) is 11.3. The minimum atomic E-state index is -0.260. The van der Waals surface area contributed by atoms with Gasteiger partial charge in [0, 0.05) is 32.4 Å². The minimum Gasteiger partial charge on any atom is -0.335 e. The topological polar surface area (TPSA) is 90.8 Å². The van der Waals surface area contributed by atoms with Crippen LogP contribution in [-0.2, 0) is 13.6 Å². The standard InChI is InChI=1S/C10H14N6O/c1-15-9(2-4-13-15)14-10(17)8-6-16(5-3-11)7-12-8/h2,4,6-7H,3,5,11H2,1H3,(H,14,17). The molecular weight excluding hydrogens is 220 g/mol. The Balaban J connectivity index is 2.07.